The molecule has 1 nitrogen and oxygen atoms in total. The molecule has 2 aliphatic heterocycles. The molecule has 0 spiro atoms. The predicted octanol–water partition coefficient (Wildman–Crippen LogP) is 1.21. The van der Waals surface area contributed by atoms with Crippen molar-refractivity contribution in [2.45, 2.75) is 12.8 Å². The Bertz CT molecular complexity index is 88.7. The molecule has 1 saturated carbocycles. The summed E-state index contributed by atoms with van der Waals surface area (Å²) in [6.45, 7) is 1.41. The number of piperidine rings is 2. The number of hydrogen-bond donors (Lipinski definition) is 0. The average Bonchev–Trinajstić information content (AvgIpc) is 1.62. The van der Waals surface area contributed by atoms with E-state index in [0.717, 1.165) is 5.12 Å². The van der Waals surface area contributed by atoms with Crippen LogP contribution >= 0.6 is 0 Å². The summed E-state index contributed by atoms with van der Waals surface area (Å²) < 4.78 is 12.3. The van der Waals surface area contributed by atoms with Crippen molar-refractivity contribution in [2.24, 2.45) is 11.8 Å². The summed E-state index contributed by atoms with van der Waals surface area (Å²) in [5.74, 6) is 1.41. The van der Waals surface area contributed by atoms with Crippen LogP contribution in [0.3, 0.4) is 0 Å². The maximum atomic E-state index is 12.3. The summed E-state index contributed by atoms with van der Waals surface area (Å²) in [7, 11) is 0. The van der Waals surface area contributed by atoms with Crippen molar-refractivity contribution in [3.05, 3.63) is 0 Å². The number of fused-ring (bicyclic) bond motifs is 2. The van der Waals surface area contributed by atoms with Gasteiger partial charge in [0.25, 0.3) is 0 Å². The molecule has 0 unspecified atom stereocenters. The van der Waals surface area contributed by atoms with E-state index < -0.39 is 0 Å². The Labute approximate surface area is 48.4 Å². The zero-order valence-electron chi connectivity index (χ0n) is 4.81. The van der Waals surface area contributed by atoms with Crippen LogP contribution in [0.1, 0.15) is 12.8 Å². The SMILES string of the molecule is FN1CC2CC(C2)C1. The maximum absolute atomic E-state index is 12.3. The first-order valence-corrected chi connectivity index (χ1v) is 3.25. The van der Waals surface area contributed by atoms with Crippen LogP contribution in [0.4, 0.5) is 4.48 Å². The Kier molecular flexibility index (Phi) is 0.852. The molecule has 0 amide bonds. The van der Waals surface area contributed by atoms with Gasteiger partial charge in [0.2, 0.25) is 0 Å². The van der Waals surface area contributed by atoms with Crippen LogP contribution in [-0.2, 0) is 0 Å². The molecule has 0 atom stereocenters. The van der Waals surface area contributed by atoms with Gasteiger partial charge in [-0.2, -0.15) is 0 Å². The fourth-order valence-electron chi connectivity index (χ4n) is 1.81. The fraction of sp³-hybridized carbons (Fsp3) is 1.00. The van der Waals surface area contributed by atoms with Crippen molar-refractivity contribution in [2.75, 3.05) is 13.1 Å². The zero-order valence-corrected chi connectivity index (χ0v) is 4.81. The van der Waals surface area contributed by atoms with E-state index in [9.17, 15) is 4.48 Å². The van der Waals surface area contributed by atoms with E-state index in [2.05, 4.69) is 0 Å². The molecule has 0 aromatic heterocycles. The Balaban J connectivity index is 1.97. The molecule has 0 aromatic rings. The first-order valence-electron chi connectivity index (χ1n) is 3.25. The summed E-state index contributed by atoms with van der Waals surface area (Å²) in [5.41, 5.74) is 0. The van der Waals surface area contributed by atoms with E-state index in [4.69, 9.17) is 0 Å². The van der Waals surface area contributed by atoms with Gasteiger partial charge in [0, 0.05) is 13.1 Å². The molecule has 8 heavy (non-hydrogen) atoms. The topological polar surface area (TPSA) is 3.24 Å². The highest BCUT2D eigenvalue weighted by molar-refractivity contribution is 4.86. The van der Waals surface area contributed by atoms with Gasteiger partial charge in [-0.1, -0.05) is 0 Å². The first-order chi connectivity index (χ1) is 3.84. The molecule has 0 aromatic carbocycles. The third-order valence-corrected chi connectivity index (χ3v) is 2.25. The molecular formula is C6H10FN. The van der Waals surface area contributed by atoms with Crippen LogP contribution in [0.2, 0.25) is 0 Å². The van der Waals surface area contributed by atoms with Crippen LogP contribution in [0.15, 0.2) is 0 Å². The number of halogens is 1. The molecule has 2 saturated heterocycles. The molecule has 2 bridgehead atoms. The minimum Gasteiger partial charge on any atom is -0.146 e. The molecule has 1 aliphatic carbocycles. The average molecular weight is 115 g/mol. The summed E-state index contributed by atoms with van der Waals surface area (Å²) >= 11 is 0. The molecule has 0 N–H and O–H groups in total. The predicted molar refractivity (Wildman–Crippen MR) is 28.9 cm³/mol. The lowest BCUT2D eigenvalue weighted by Crippen LogP contribution is -2.44. The van der Waals surface area contributed by atoms with Crippen molar-refractivity contribution in [3.8, 4) is 0 Å². The Morgan fingerprint density at radius 1 is 1.12 bits per heavy atom. The van der Waals surface area contributed by atoms with E-state index in [1.54, 1.807) is 0 Å². The summed E-state index contributed by atoms with van der Waals surface area (Å²) in [6.07, 6.45) is 2.58. The quantitative estimate of drug-likeness (QED) is 0.429. The fourth-order valence-corrected chi connectivity index (χ4v) is 1.81. The summed E-state index contributed by atoms with van der Waals surface area (Å²) in [4.78, 5) is 0. The number of rotatable bonds is 0. The smallest absolute Gasteiger partial charge is 0.0319 e. The summed E-state index contributed by atoms with van der Waals surface area (Å²) in [6, 6.07) is 0. The lowest BCUT2D eigenvalue weighted by molar-refractivity contribution is -0.0896. The normalized spacial score (nSPS) is 46.1. The largest absolute Gasteiger partial charge is 0.146 e. The van der Waals surface area contributed by atoms with Crippen LogP contribution < -0.4 is 0 Å². The Morgan fingerprint density at radius 2 is 1.62 bits per heavy atom. The van der Waals surface area contributed by atoms with Gasteiger partial charge in [0.15, 0.2) is 0 Å². The van der Waals surface area contributed by atoms with Crippen LogP contribution in [0.25, 0.3) is 0 Å². The van der Waals surface area contributed by atoms with Gasteiger partial charge in [0.1, 0.15) is 0 Å². The maximum Gasteiger partial charge on any atom is 0.0319 e. The second-order valence-electron chi connectivity index (χ2n) is 3.03. The van der Waals surface area contributed by atoms with Crippen molar-refractivity contribution in [1.29, 1.82) is 0 Å². The lowest BCUT2D eigenvalue weighted by Gasteiger charge is -2.43. The number of hydrogen-bond acceptors (Lipinski definition) is 1. The first kappa shape index (κ1) is 4.74. The van der Waals surface area contributed by atoms with Gasteiger partial charge in [0.05, 0.1) is 0 Å². The van der Waals surface area contributed by atoms with Crippen molar-refractivity contribution >= 4 is 0 Å². The second kappa shape index (κ2) is 1.44. The van der Waals surface area contributed by atoms with E-state index in [0.29, 0.717) is 24.9 Å². The Hall–Kier alpha value is -0.110. The third kappa shape index (κ3) is 0.558. The van der Waals surface area contributed by atoms with Crippen LogP contribution in [0, 0.1) is 11.8 Å². The van der Waals surface area contributed by atoms with Gasteiger partial charge in [-0.05, 0) is 24.7 Å². The zero-order chi connectivity index (χ0) is 5.56. The van der Waals surface area contributed by atoms with Crippen LogP contribution in [0.5, 0.6) is 0 Å². The van der Waals surface area contributed by atoms with Crippen molar-refractivity contribution < 1.29 is 4.48 Å². The third-order valence-electron chi connectivity index (χ3n) is 2.25. The van der Waals surface area contributed by atoms with Gasteiger partial charge < -0.3 is 0 Å². The van der Waals surface area contributed by atoms with E-state index in [1.165, 1.54) is 12.8 Å². The van der Waals surface area contributed by atoms with Crippen molar-refractivity contribution in [3.63, 3.8) is 0 Å². The lowest BCUT2D eigenvalue weighted by atomic mass is 9.72. The minimum absolute atomic E-state index is 0.705. The van der Waals surface area contributed by atoms with Crippen LogP contribution in [-0.4, -0.2) is 18.2 Å². The molecule has 3 rings (SSSR count). The standard InChI is InChI=1S/C6H10FN/c7-8-3-5-1-6(2-5)4-8/h5-6H,1-4H2. The van der Waals surface area contributed by atoms with Gasteiger partial charge in [-0.25, -0.2) is 0 Å². The molecule has 3 fully saturated rings. The highest BCUT2D eigenvalue weighted by Crippen LogP contribution is 2.39. The van der Waals surface area contributed by atoms with Gasteiger partial charge >= 0.3 is 0 Å². The van der Waals surface area contributed by atoms with E-state index >= 15 is 0 Å². The summed E-state index contributed by atoms with van der Waals surface area (Å²) in [5, 5.41) is 0.961. The molecule has 3 aliphatic rings. The molecule has 0 radical (unpaired) electrons. The second-order valence-corrected chi connectivity index (χ2v) is 3.03. The van der Waals surface area contributed by atoms with E-state index in [-0.39, 0.29) is 0 Å². The number of nitrogens with zero attached hydrogens (tertiary/aromatic N) is 1. The molecular weight excluding hydrogens is 105 g/mol. The minimum atomic E-state index is 0.705. The molecule has 46 valence electrons. The van der Waals surface area contributed by atoms with Crippen molar-refractivity contribution in [1.82, 2.24) is 5.12 Å². The van der Waals surface area contributed by atoms with E-state index in [1.807, 2.05) is 0 Å². The van der Waals surface area contributed by atoms with Gasteiger partial charge in [-0.15, -0.1) is 9.60 Å². The Morgan fingerprint density at radius 3 is 1.88 bits per heavy atom. The van der Waals surface area contributed by atoms with Gasteiger partial charge in [-0.3, -0.25) is 0 Å². The monoisotopic (exact) mass is 115 g/mol. The molecule has 2 heteroatoms. The highest BCUT2D eigenvalue weighted by Gasteiger charge is 2.37. The highest BCUT2D eigenvalue weighted by atomic mass is 19.2. The molecule has 2 heterocycles.